The van der Waals surface area contributed by atoms with E-state index in [1.54, 1.807) is 12.1 Å². The molecule has 2 N–H and O–H groups in total. The van der Waals surface area contributed by atoms with Gasteiger partial charge >= 0.3 is 0 Å². The van der Waals surface area contributed by atoms with E-state index in [-0.39, 0.29) is 17.9 Å². The van der Waals surface area contributed by atoms with Gasteiger partial charge in [-0.05, 0) is 73.1 Å². The van der Waals surface area contributed by atoms with E-state index in [1.165, 1.54) is 24.0 Å². The van der Waals surface area contributed by atoms with Gasteiger partial charge in [-0.3, -0.25) is 9.59 Å². The third-order valence-electron chi connectivity index (χ3n) is 5.21. The van der Waals surface area contributed by atoms with Crippen LogP contribution in [0.25, 0.3) is 0 Å². The van der Waals surface area contributed by atoms with Crippen LogP contribution >= 0.6 is 0 Å². The normalized spacial score (nSPS) is 16.6. The molecule has 1 atom stereocenters. The highest BCUT2D eigenvalue weighted by Crippen LogP contribution is 2.26. The Morgan fingerprint density at radius 2 is 1.84 bits per heavy atom. The second-order valence-electron chi connectivity index (χ2n) is 7.03. The first-order valence-electron chi connectivity index (χ1n) is 8.95. The molecule has 4 heteroatoms. The first kappa shape index (κ1) is 15.9. The molecule has 4 rings (SSSR count). The molecule has 4 nitrogen and oxygen atoms in total. The predicted molar refractivity (Wildman–Crippen MR) is 97.7 cm³/mol. The summed E-state index contributed by atoms with van der Waals surface area (Å²) < 4.78 is 0. The van der Waals surface area contributed by atoms with Crippen molar-refractivity contribution in [1.82, 2.24) is 5.32 Å². The van der Waals surface area contributed by atoms with Gasteiger partial charge in [0.1, 0.15) is 0 Å². The van der Waals surface area contributed by atoms with E-state index in [1.807, 2.05) is 13.0 Å². The Kier molecular flexibility index (Phi) is 4.04. The molecule has 0 spiro atoms. The number of rotatable bonds is 3. The Hall–Kier alpha value is -2.62. The van der Waals surface area contributed by atoms with E-state index >= 15 is 0 Å². The quantitative estimate of drug-likeness (QED) is 0.902. The molecule has 1 aliphatic heterocycles. The molecule has 1 heterocycles. The minimum atomic E-state index is -0.104. The number of fused-ring (bicyclic) bond motifs is 2. The molecule has 2 aromatic rings. The van der Waals surface area contributed by atoms with Crippen LogP contribution in [-0.2, 0) is 24.1 Å². The average Bonchev–Trinajstić information content (AvgIpc) is 3.00. The van der Waals surface area contributed by atoms with E-state index in [0.29, 0.717) is 12.0 Å². The van der Waals surface area contributed by atoms with Crippen molar-refractivity contribution in [1.29, 1.82) is 0 Å². The van der Waals surface area contributed by atoms with E-state index in [4.69, 9.17) is 0 Å². The van der Waals surface area contributed by atoms with Crippen LogP contribution < -0.4 is 10.6 Å². The van der Waals surface area contributed by atoms with Gasteiger partial charge in [0.05, 0.1) is 12.5 Å². The van der Waals surface area contributed by atoms with Gasteiger partial charge in [0.25, 0.3) is 5.91 Å². The molecule has 2 aromatic carbocycles. The summed E-state index contributed by atoms with van der Waals surface area (Å²) in [6.45, 7) is 2.01. The Labute approximate surface area is 147 Å². The zero-order valence-corrected chi connectivity index (χ0v) is 14.4. The van der Waals surface area contributed by atoms with Crippen molar-refractivity contribution >= 4 is 17.5 Å². The van der Waals surface area contributed by atoms with Crippen LogP contribution in [0.3, 0.4) is 0 Å². The monoisotopic (exact) mass is 334 g/mol. The predicted octanol–water partition coefficient (Wildman–Crippen LogP) is 3.55. The van der Waals surface area contributed by atoms with Crippen molar-refractivity contribution in [2.45, 2.75) is 45.1 Å². The molecule has 0 bridgehead atoms. The topological polar surface area (TPSA) is 58.2 Å². The van der Waals surface area contributed by atoms with Crippen LogP contribution in [0.1, 0.15) is 58.4 Å². The fraction of sp³-hybridized carbons (Fsp3) is 0.333. The van der Waals surface area contributed by atoms with E-state index in [2.05, 4.69) is 28.8 Å². The summed E-state index contributed by atoms with van der Waals surface area (Å²) in [5.41, 5.74) is 6.31. The molecule has 1 unspecified atom stereocenters. The van der Waals surface area contributed by atoms with Gasteiger partial charge in [0.15, 0.2) is 0 Å². The summed E-state index contributed by atoms with van der Waals surface area (Å²) in [6.07, 6.45) is 5.16. The molecule has 2 aliphatic rings. The lowest BCUT2D eigenvalue weighted by atomic mass is 9.89. The molecule has 2 amide bonds. The lowest BCUT2D eigenvalue weighted by Crippen LogP contribution is -2.27. The Bertz CT molecular complexity index is 857. The fourth-order valence-corrected chi connectivity index (χ4v) is 3.76. The van der Waals surface area contributed by atoms with Gasteiger partial charge in [-0.15, -0.1) is 0 Å². The summed E-state index contributed by atoms with van der Waals surface area (Å²) in [6, 6.07) is 11.9. The molecule has 1 aliphatic carbocycles. The number of carbonyl (C=O) groups excluding carboxylic acids is 2. The first-order chi connectivity index (χ1) is 12.1. The van der Waals surface area contributed by atoms with Gasteiger partial charge in [-0.2, -0.15) is 0 Å². The number of hydrogen-bond donors (Lipinski definition) is 2. The number of anilines is 1. The SMILES string of the molecule is CC(NC(=O)c1ccc2c(c1)CC(=O)N2)c1ccc2c(c1)CCCC2. The van der Waals surface area contributed by atoms with Gasteiger partial charge in [-0.1, -0.05) is 18.2 Å². The van der Waals surface area contributed by atoms with E-state index in [0.717, 1.165) is 29.7 Å². The van der Waals surface area contributed by atoms with Crippen molar-refractivity contribution in [3.8, 4) is 0 Å². The standard InChI is InChI=1S/C21H22N2O2/c1-13(15-7-6-14-4-2-3-5-16(14)10-15)22-21(25)17-8-9-19-18(11-17)12-20(24)23-19/h6-11,13H,2-5,12H2,1H3,(H,22,25)(H,23,24). The molecular weight excluding hydrogens is 312 g/mol. The van der Waals surface area contributed by atoms with Gasteiger partial charge in [-0.25, -0.2) is 0 Å². The Morgan fingerprint density at radius 3 is 2.68 bits per heavy atom. The molecule has 0 radical (unpaired) electrons. The number of amides is 2. The van der Waals surface area contributed by atoms with Crippen molar-refractivity contribution in [2.75, 3.05) is 5.32 Å². The summed E-state index contributed by atoms with van der Waals surface area (Å²) in [5.74, 6) is -0.123. The Morgan fingerprint density at radius 1 is 1.04 bits per heavy atom. The maximum atomic E-state index is 12.6. The number of hydrogen-bond acceptors (Lipinski definition) is 2. The second-order valence-corrected chi connectivity index (χ2v) is 7.03. The van der Waals surface area contributed by atoms with Crippen LogP contribution in [-0.4, -0.2) is 11.8 Å². The molecule has 0 aromatic heterocycles. The van der Waals surface area contributed by atoms with Crippen LogP contribution in [0.2, 0.25) is 0 Å². The number of carbonyl (C=O) groups is 2. The molecule has 0 saturated carbocycles. The maximum absolute atomic E-state index is 12.6. The molecule has 128 valence electrons. The highest BCUT2D eigenvalue weighted by atomic mass is 16.2. The van der Waals surface area contributed by atoms with E-state index in [9.17, 15) is 9.59 Å². The molecule has 25 heavy (non-hydrogen) atoms. The first-order valence-corrected chi connectivity index (χ1v) is 8.95. The highest BCUT2D eigenvalue weighted by Gasteiger charge is 2.20. The summed E-state index contributed by atoms with van der Waals surface area (Å²) in [5, 5.41) is 5.87. The fourth-order valence-electron chi connectivity index (χ4n) is 3.76. The van der Waals surface area contributed by atoms with Crippen molar-refractivity contribution < 1.29 is 9.59 Å². The van der Waals surface area contributed by atoms with Gasteiger partial charge < -0.3 is 10.6 Å². The zero-order chi connectivity index (χ0) is 17.4. The van der Waals surface area contributed by atoms with Gasteiger partial charge in [0, 0.05) is 11.3 Å². The highest BCUT2D eigenvalue weighted by molar-refractivity contribution is 6.01. The average molecular weight is 334 g/mol. The Balaban J connectivity index is 1.49. The molecular formula is C21H22N2O2. The summed E-state index contributed by atoms with van der Waals surface area (Å²) >= 11 is 0. The molecule has 0 saturated heterocycles. The van der Waals surface area contributed by atoms with Crippen LogP contribution in [0.4, 0.5) is 5.69 Å². The lowest BCUT2D eigenvalue weighted by Gasteiger charge is -2.20. The van der Waals surface area contributed by atoms with Crippen LogP contribution in [0.15, 0.2) is 36.4 Å². The van der Waals surface area contributed by atoms with Gasteiger partial charge in [0.2, 0.25) is 5.91 Å². The summed E-state index contributed by atoms with van der Waals surface area (Å²) in [4.78, 5) is 24.0. The number of aryl methyl sites for hydroxylation is 2. The largest absolute Gasteiger partial charge is 0.346 e. The van der Waals surface area contributed by atoms with Crippen molar-refractivity contribution in [2.24, 2.45) is 0 Å². The zero-order valence-electron chi connectivity index (χ0n) is 14.4. The van der Waals surface area contributed by atoms with E-state index < -0.39 is 0 Å². The third kappa shape index (κ3) is 3.16. The van der Waals surface area contributed by atoms with Crippen molar-refractivity contribution in [3.05, 3.63) is 64.2 Å². The lowest BCUT2D eigenvalue weighted by molar-refractivity contribution is -0.115. The van der Waals surface area contributed by atoms with Crippen LogP contribution in [0, 0.1) is 0 Å². The summed E-state index contributed by atoms with van der Waals surface area (Å²) in [7, 11) is 0. The maximum Gasteiger partial charge on any atom is 0.251 e. The smallest absolute Gasteiger partial charge is 0.251 e. The second kappa shape index (κ2) is 6.36. The van der Waals surface area contributed by atoms with Crippen molar-refractivity contribution in [3.63, 3.8) is 0 Å². The minimum Gasteiger partial charge on any atom is -0.346 e. The number of nitrogens with one attached hydrogen (secondary N) is 2. The number of benzene rings is 2. The third-order valence-corrected chi connectivity index (χ3v) is 5.21. The molecule has 0 fully saturated rings. The minimum absolute atomic E-state index is 0.0185. The van der Waals surface area contributed by atoms with Crippen LogP contribution in [0.5, 0.6) is 0 Å².